The second-order valence-electron chi connectivity index (χ2n) is 6.00. The van der Waals surface area contributed by atoms with Crippen molar-refractivity contribution in [2.75, 3.05) is 0 Å². The molecule has 0 fully saturated rings. The van der Waals surface area contributed by atoms with Crippen LogP contribution in [0.2, 0.25) is 0 Å². The van der Waals surface area contributed by atoms with Crippen molar-refractivity contribution < 1.29 is 0 Å². The van der Waals surface area contributed by atoms with Crippen LogP contribution in [0.5, 0.6) is 0 Å². The molecule has 0 radical (unpaired) electrons. The van der Waals surface area contributed by atoms with Gasteiger partial charge in [0.2, 0.25) is 0 Å². The molecule has 0 saturated carbocycles. The third-order valence-corrected chi connectivity index (χ3v) is 6.73. The summed E-state index contributed by atoms with van der Waals surface area (Å²) in [6, 6.07) is 2.96. The summed E-state index contributed by atoms with van der Waals surface area (Å²) in [5, 5.41) is 15.4. The highest BCUT2D eigenvalue weighted by Gasteiger charge is 2.29. The summed E-state index contributed by atoms with van der Waals surface area (Å²) < 4.78 is 3.78. The molecule has 112 valence electrons. The lowest BCUT2D eigenvalue weighted by atomic mass is 10.0. The second kappa shape index (κ2) is 5.41. The van der Waals surface area contributed by atoms with E-state index in [1.54, 1.807) is 0 Å². The van der Waals surface area contributed by atoms with E-state index < -0.39 is 0 Å². The number of thiophene rings is 1. The molecule has 4 heterocycles. The summed E-state index contributed by atoms with van der Waals surface area (Å²) in [7, 11) is 0. The Morgan fingerprint density at radius 2 is 2.33 bits per heavy atom. The van der Waals surface area contributed by atoms with Gasteiger partial charge in [-0.1, -0.05) is 6.92 Å². The first kappa shape index (κ1) is 13.8. The van der Waals surface area contributed by atoms with E-state index in [-0.39, 0.29) is 6.04 Å². The molecular formula is C15H20N4S2. The van der Waals surface area contributed by atoms with Gasteiger partial charge in [-0.15, -0.1) is 33.3 Å². The van der Waals surface area contributed by atoms with Crippen LogP contribution in [0.1, 0.15) is 56.0 Å². The minimum absolute atomic E-state index is 0.248. The number of aryl methyl sites for hydroxylation is 1. The molecule has 4 nitrogen and oxygen atoms in total. The zero-order valence-electron chi connectivity index (χ0n) is 12.4. The molecule has 3 atom stereocenters. The summed E-state index contributed by atoms with van der Waals surface area (Å²) in [6.07, 6.45) is 3.46. The third-order valence-electron chi connectivity index (χ3n) is 4.39. The van der Waals surface area contributed by atoms with Crippen LogP contribution in [0.25, 0.3) is 0 Å². The molecule has 2 unspecified atom stereocenters. The Morgan fingerprint density at radius 3 is 3.24 bits per heavy atom. The molecule has 0 aromatic carbocycles. The number of nitrogens with one attached hydrogen (secondary N) is 1. The Balaban J connectivity index is 1.56. The zero-order chi connectivity index (χ0) is 14.4. The van der Waals surface area contributed by atoms with Crippen molar-refractivity contribution >= 4 is 23.1 Å². The topological polar surface area (TPSA) is 42.7 Å². The van der Waals surface area contributed by atoms with Gasteiger partial charge in [0, 0.05) is 24.3 Å². The molecule has 2 aromatic heterocycles. The number of nitrogens with zero attached hydrogens (tertiary/aromatic N) is 3. The molecule has 0 amide bonds. The number of aromatic nitrogens is 3. The van der Waals surface area contributed by atoms with E-state index in [2.05, 4.69) is 45.4 Å². The predicted octanol–water partition coefficient (Wildman–Crippen LogP) is 3.56. The molecule has 1 N–H and O–H groups in total. The highest BCUT2D eigenvalue weighted by atomic mass is 32.2. The first-order valence-electron chi connectivity index (χ1n) is 7.64. The van der Waals surface area contributed by atoms with Gasteiger partial charge in [0.1, 0.15) is 11.6 Å². The Hall–Kier alpha value is -0.850. The van der Waals surface area contributed by atoms with Crippen molar-refractivity contribution in [1.82, 2.24) is 20.1 Å². The van der Waals surface area contributed by atoms with Gasteiger partial charge in [0.15, 0.2) is 0 Å². The Morgan fingerprint density at radius 1 is 1.43 bits per heavy atom. The molecule has 6 heteroatoms. The number of hydrogen-bond donors (Lipinski definition) is 1. The van der Waals surface area contributed by atoms with E-state index in [0.29, 0.717) is 11.3 Å². The Bertz CT molecular complexity index is 648. The van der Waals surface area contributed by atoms with E-state index in [1.165, 1.54) is 22.6 Å². The van der Waals surface area contributed by atoms with Crippen molar-refractivity contribution in [1.29, 1.82) is 0 Å². The first-order chi connectivity index (χ1) is 10.2. The van der Waals surface area contributed by atoms with Crippen LogP contribution in [0, 0.1) is 0 Å². The maximum Gasteiger partial charge on any atom is 0.149 e. The zero-order valence-corrected chi connectivity index (χ0v) is 14.0. The maximum absolute atomic E-state index is 4.41. The van der Waals surface area contributed by atoms with Crippen LogP contribution in [0.15, 0.2) is 15.7 Å². The van der Waals surface area contributed by atoms with Crippen LogP contribution >= 0.6 is 23.1 Å². The molecule has 0 saturated heterocycles. The van der Waals surface area contributed by atoms with Crippen molar-refractivity contribution in [3.8, 4) is 0 Å². The number of rotatable bonds is 3. The maximum atomic E-state index is 4.41. The van der Waals surface area contributed by atoms with Gasteiger partial charge in [0.25, 0.3) is 0 Å². The summed E-state index contributed by atoms with van der Waals surface area (Å²) in [6.45, 7) is 5.61. The minimum Gasteiger partial charge on any atom is -0.314 e. The monoisotopic (exact) mass is 320 g/mol. The Kier molecular flexibility index (Phi) is 3.55. The fraction of sp³-hybridized carbons (Fsp3) is 0.600. The highest BCUT2D eigenvalue weighted by Crippen LogP contribution is 2.44. The van der Waals surface area contributed by atoms with Gasteiger partial charge in [-0.05, 0) is 36.8 Å². The molecule has 2 aromatic rings. The molecule has 4 rings (SSSR count). The average molecular weight is 320 g/mol. The number of hydrogen-bond acceptors (Lipinski definition) is 5. The van der Waals surface area contributed by atoms with Crippen LogP contribution in [-0.4, -0.2) is 20.0 Å². The van der Waals surface area contributed by atoms with Crippen LogP contribution in [0.4, 0.5) is 0 Å². The lowest BCUT2D eigenvalue weighted by molar-refractivity contribution is 0.414. The average Bonchev–Trinajstić information content (AvgIpc) is 3.13. The predicted molar refractivity (Wildman–Crippen MR) is 86.9 cm³/mol. The molecule has 2 aliphatic rings. The van der Waals surface area contributed by atoms with E-state index in [0.717, 1.165) is 24.6 Å². The summed E-state index contributed by atoms with van der Waals surface area (Å²) in [5.74, 6) is 2.26. The minimum atomic E-state index is 0.248. The largest absolute Gasteiger partial charge is 0.314 e. The van der Waals surface area contributed by atoms with Crippen LogP contribution in [0.3, 0.4) is 0 Å². The molecular weight excluding hydrogens is 300 g/mol. The van der Waals surface area contributed by atoms with Crippen molar-refractivity contribution in [2.45, 2.75) is 61.2 Å². The number of fused-ring (bicyclic) bond motifs is 2. The van der Waals surface area contributed by atoms with Gasteiger partial charge < -0.3 is 9.88 Å². The quantitative estimate of drug-likeness (QED) is 0.939. The molecule has 21 heavy (non-hydrogen) atoms. The fourth-order valence-corrected chi connectivity index (χ4v) is 5.94. The van der Waals surface area contributed by atoms with Crippen molar-refractivity contribution in [2.24, 2.45) is 0 Å². The summed E-state index contributed by atoms with van der Waals surface area (Å²) in [4.78, 5) is 0. The van der Waals surface area contributed by atoms with E-state index in [4.69, 9.17) is 0 Å². The lowest BCUT2D eigenvalue weighted by Gasteiger charge is -2.30. The normalized spacial score (nSPS) is 25.6. The molecule has 0 spiro atoms. The second-order valence-corrected chi connectivity index (χ2v) is 8.62. The van der Waals surface area contributed by atoms with Gasteiger partial charge >= 0.3 is 0 Å². The number of thioether (sulfide) groups is 1. The SMILES string of the molecule is CC(NC1C[C@H](C)Sc2sccc21)c1nnc2n1CCC2. The van der Waals surface area contributed by atoms with Gasteiger partial charge in [-0.2, -0.15) is 0 Å². The molecule has 0 aliphatic carbocycles. The third kappa shape index (κ3) is 2.43. The smallest absolute Gasteiger partial charge is 0.149 e. The van der Waals surface area contributed by atoms with Crippen molar-refractivity contribution in [3.05, 3.63) is 28.7 Å². The lowest BCUT2D eigenvalue weighted by Crippen LogP contribution is -2.30. The van der Waals surface area contributed by atoms with Crippen LogP contribution < -0.4 is 5.32 Å². The molecule has 0 bridgehead atoms. The van der Waals surface area contributed by atoms with E-state index in [9.17, 15) is 0 Å². The van der Waals surface area contributed by atoms with Gasteiger partial charge in [0.05, 0.1) is 10.3 Å². The van der Waals surface area contributed by atoms with Crippen LogP contribution in [-0.2, 0) is 13.0 Å². The first-order valence-corrected chi connectivity index (χ1v) is 9.40. The van der Waals surface area contributed by atoms with Crippen molar-refractivity contribution in [3.63, 3.8) is 0 Å². The summed E-state index contributed by atoms with van der Waals surface area (Å²) >= 11 is 3.88. The van der Waals surface area contributed by atoms with Gasteiger partial charge in [-0.25, -0.2) is 0 Å². The van der Waals surface area contributed by atoms with Gasteiger partial charge in [-0.3, -0.25) is 0 Å². The Labute approximate surface area is 133 Å². The van der Waals surface area contributed by atoms with E-state index >= 15 is 0 Å². The van der Waals surface area contributed by atoms with E-state index in [1.807, 2.05) is 23.1 Å². The summed E-state index contributed by atoms with van der Waals surface area (Å²) in [5.41, 5.74) is 1.47. The molecule has 2 aliphatic heterocycles. The standard InChI is InChI=1S/C15H20N4S2/c1-9-8-12(11-5-7-20-15(11)21-9)16-10(2)14-18-17-13-4-3-6-19(13)14/h5,7,9-10,12,16H,3-4,6,8H2,1-2H3/t9-,10?,12?/m0/s1. The highest BCUT2D eigenvalue weighted by molar-refractivity contribution is 8.01. The fourth-order valence-electron chi connectivity index (χ4n) is 3.38.